The van der Waals surface area contributed by atoms with Crippen molar-refractivity contribution >= 4 is 30.3 Å². The number of aromatic nitrogens is 1. The number of anilines is 1. The predicted octanol–water partition coefficient (Wildman–Crippen LogP) is 4.94. The Balaban J connectivity index is 1.42. The van der Waals surface area contributed by atoms with E-state index in [0.29, 0.717) is 18.9 Å². The number of nitrogens with one attached hydrogen (secondary N) is 1. The molecule has 2 aliphatic rings. The molecule has 0 spiro atoms. The van der Waals surface area contributed by atoms with E-state index in [4.69, 9.17) is 22.1 Å². The van der Waals surface area contributed by atoms with Gasteiger partial charge in [0, 0.05) is 48.0 Å². The minimum Gasteiger partial charge on any atom is -0.454 e. The van der Waals surface area contributed by atoms with Crippen molar-refractivity contribution in [1.82, 2.24) is 4.57 Å². The average molecular weight is 458 g/mol. The molecule has 1 aromatic heterocycles. The fourth-order valence-corrected chi connectivity index (χ4v) is 4.88. The molecular formula is C27H31BN2O4. The maximum absolute atomic E-state index is 13.4. The van der Waals surface area contributed by atoms with Crippen molar-refractivity contribution in [3.8, 4) is 11.5 Å². The molecular weight excluding hydrogens is 427 g/mol. The van der Waals surface area contributed by atoms with Crippen LogP contribution in [0.5, 0.6) is 11.5 Å². The number of hydrogen-bond donors (Lipinski definition) is 1. The molecule has 3 aromatic rings. The number of rotatable bonds is 7. The van der Waals surface area contributed by atoms with E-state index in [-0.39, 0.29) is 23.9 Å². The van der Waals surface area contributed by atoms with E-state index in [0.717, 1.165) is 40.7 Å². The topological polar surface area (TPSA) is 61.7 Å². The molecule has 7 heteroatoms. The van der Waals surface area contributed by atoms with Crippen LogP contribution in [-0.2, 0) is 26.9 Å². The third-order valence-corrected chi connectivity index (χ3v) is 6.84. The Morgan fingerprint density at radius 2 is 1.91 bits per heavy atom. The second-order valence-electron chi connectivity index (χ2n) is 10.5. The summed E-state index contributed by atoms with van der Waals surface area (Å²) in [6.45, 7) is 7.99. The van der Waals surface area contributed by atoms with Gasteiger partial charge in [-0.25, -0.2) is 0 Å². The molecule has 176 valence electrons. The number of ether oxygens (including phenoxy) is 3. The Morgan fingerprint density at radius 1 is 1.15 bits per heavy atom. The zero-order valence-electron chi connectivity index (χ0n) is 20.3. The molecule has 6 nitrogen and oxygen atoms in total. The highest BCUT2D eigenvalue weighted by atomic mass is 16.7. The number of benzene rings is 2. The average Bonchev–Trinajstić information content (AvgIpc) is 3.33. The molecule has 0 saturated heterocycles. The van der Waals surface area contributed by atoms with Crippen molar-refractivity contribution in [2.45, 2.75) is 56.8 Å². The van der Waals surface area contributed by atoms with E-state index in [2.05, 4.69) is 48.9 Å². The van der Waals surface area contributed by atoms with Gasteiger partial charge in [-0.15, -0.1) is 0 Å². The molecule has 2 radical (unpaired) electrons. The lowest BCUT2D eigenvalue weighted by Crippen LogP contribution is -2.27. The number of nitrogens with zero attached hydrogens (tertiary/aromatic N) is 1. The Morgan fingerprint density at radius 3 is 2.62 bits per heavy atom. The molecule has 34 heavy (non-hydrogen) atoms. The first-order valence-electron chi connectivity index (χ1n) is 11.8. The summed E-state index contributed by atoms with van der Waals surface area (Å²) in [5.74, 6) is 1.36. The maximum atomic E-state index is 13.4. The summed E-state index contributed by atoms with van der Waals surface area (Å²) in [7, 11) is 7.97. The second-order valence-corrected chi connectivity index (χ2v) is 10.5. The second kappa shape index (κ2) is 8.38. The highest BCUT2D eigenvalue weighted by Crippen LogP contribution is 2.51. The highest BCUT2D eigenvalue weighted by molar-refractivity contribution is 6.11. The monoisotopic (exact) mass is 458 g/mol. The van der Waals surface area contributed by atoms with Crippen molar-refractivity contribution in [1.29, 1.82) is 0 Å². The summed E-state index contributed by atoms with van der Waals surface area (Å²) in [6, 6.07) is 14.1. The minimum absolute atomic E-state index is 0.0170. The number of fused-ring (bicyclic) bond motifs is 2. The molecule has 1 fully saturated rings. The predicted molar refractivity (Wildman–Crippen MR) is 134 cm³/mol. The number of hydrogen-bond acceptors (Lipinski definition) is 4. The van der Waals surface area contributed by atoms with Crippen LogP contribution in [-0.4, -0.2) is 38.8 Å². The molecule has 1 aliphatic heterocycles. The van der Waals surface area contributed by atoms with Crippen molar-refractivity contribution < 1.29 is 19.0 Å². The largest absolute Gasteiger partial charge is 0.454 e. The number of amides is 1. The number of carbonyl (C=O) groups excluding carboxylic acids is 1. The van der Waals surface area contributed by atoms with Crippen LogP contribution in [0.15, 0.2) is 42.5 Å². The summed E-state index contributed by atoms with van der Waals surface area (Å²) in [5, 5.41) is 4.25. The number of carbonyl (C=O) groups is 1. The molecule has 0 unspecified atom stereocenters. The number of methoxy groups -OCH3 is 1. The molecule has 1 atom stereocenters. The van der Waals surface area contributed by atoms with Crippen LogP contribution in [0.25, 0.3) is 10.9 Å². The quantitative estimate of drug-likeness (QED) is 0.510. The van der Waals surface area contributed by atoms with Gasteiger partial charge in [0.25, 0.3) is 0 Å². The van der Waals surface area contributed by atoms with Gasteiger partial charge in [0.15, 0.2) is 11.5 Å². The van der Waals surface area contributed by atoms with Gasteiger partial charge in [-0.3, -0.25) is 4.79 Å². The molecule has 1 saturated carbocycles. The molecule has 1 aliphatic carbocycles. The van der Waals surface area contributed by atoms with Crippen LogP contribution in [0, 0.1) is 0 Å². The Kier molecular flexibility index (Phi) is 5.63. The summed E-state index contributed by atoms with van der Waals surface area (Å²) >= 11 is 0. The fourth-order valence-electron chi connectivity index (χ4n) is 4.88. The van der Waals surface area contributed by atoms with Gasteiger partial charge in [0.2, 0.25) is 12.7 Å². The molecule has 2 aromatic carbocycles. The first-order chi connectivity index (χ1) is 16.2. The SMILES string of the molecule is [B][C@@H](COC)Cn1c(C(C)(C)C)cc2cc(NC(=O)C3(c4ccc5c(c4)OCO5)CC3)ccc21. The summed E-state index contributed by atoms with van der Waals surface area (Å²) in [5.41, 5.74) is 3.52. The van der Waals surface area contributed by atoms with Gasteiger partial charge in [-0.2, -0.15) is 0 Å². The van der Waals surface area contributed by atoms with E-state index in [1.807, 2.05) is 24.3 Å². The molecule has 1 N–H and O–H groups in total. The van der Waals surface area contributed by atoms with Crippen LogP contribution in [0.2, 0.25) is 5.82 Å². The smallest absolute Gasteiger partial charge is 0.235 e. The normalized spacial score (nSPS) is 17.1. The van der Waals surface area contributed by atoms with Crippen LogP contribution >= 0.6 is 0 Å². The Hall–Kier alpha value is -2.93. The van der Waals surface area contributed by atoms with Crippen molar-refractivity contribution in [3.63, 3.8) is 0 Å². The van der Waals surface area contributed by atoms with Crippen molar-refractivity contribution in [3.05, 3.63) is 53.7 Å². The lowest BCUT2D eigenvalue weighted by molar-refractivity contribution is -0.118. The molecule has 1 amide bonds. The molecule has 2 heterocycles. The molecule has 5 rings (SSSR count). The standard InChI is InChI=1S/C27H31BN2O4/c1-26(2,3)24-12-17-11-20(6-7-21(17)30(24)14-19(28)15-32-4)29-25(31)27(9-10-27)18-5-8-22-23(13-18)34-16-33-22/h5-8,11-13,19H,9-10,14-16H2,1-4H3,(H,29,31)/t19-/m1/s1. The van der Waals surface area contributed by atoms with Crippen LogP contribution in [0.3, 0.4) is 0 Å². The fraction of sp³-hybridized carbons (Fsp3) is 0.444. The summed E-state index contributed by atoms with van der Waals surface area (Å²) < 4.78 is 18.5. The van der Waals surface area contributed by atoms with E-state index in [9.17, 15) is 4.79 Å². The minimum atomic E-state index is -0.509. The lowest BCUT2D eigenvalue weighted by atomic mass is 9.87. The van der Waals surface area contributed by atoms with Gasteiger partial charge < -0.3 is 24.1 Å². The van der Waals surface area contributed by atoms with Gasteiger partial charge in [0.1, 0.15) is 0 Å². The molecule has 0 bridgehead atoms. The van der Waals surface area contributed by atoms with Crippen LogP contribution in [0.1, 0.15) is 44.9 Å². The van der Waals surface area contributed by atoms with E-state index < -0.39 is 5.41 Å². The first kappa shape index (κ1) is 22.8. The van der Waals surface area contributed by atoms with Gasteiger partial charge >= 0.3 is 0 Å². The van der Waals surface area contributed by atoms with Gasteiger partial charge in [-0.05, 0) is 60.6 Å². The Labute approximate surface area is 202 Å². The Bertz CT molecular complexity index is 1240. The zero-order chi connectivity index (χ0) is 24.1. The van der Waals surface area contributed by atoms with Gasteiger partial charge in [0.05, 0.1) is 13.3 Å². The third-order valence-electron chi connectivity index (χ3n) is 6.84. The van der Waals surface area contributed by atoms with Crippen LogP contribution in [0.4, 0.5) is 5.69 Å². The maximum Gasteiger partial charge on any atom is 0.235 e. The van der Waals surface area contributed by atoms with Crippen LogP contribution < -0.4 is 14.8 Å². The van der Waals surface area contributed by atoms with E-state index in [1.165, 1.54) is 5.69 Å². The van der Waals surface area contributed by atoms with Crippen molar-refractivity contribution in [2.24, 2.45) is 0 Å². The van der Waals surface area contributed by atoms with E-state index in [1.54, 1.807) is 7.11 Å². The first-order valence-corrected chi connectivity index (χ1v) is 11.8. The zero-order valence-corrected chi connectivity index (χ0v) is 20.3. The summed E-state index contributed by atoms with van der Waals surface area (Å²) in [6.07, 6.45) is 1.64. The van der Waals surface area contributed by atoms with Crippen molar-refractivity contribution in [2.75, 3.05) is 25.8 Å². The summed E-state index contributed by atoms with van der Waals surface area (Å²) in [4.78, 5) is 13.4. The van der Waals surface area contributed by atoms with Gasteiger partial charge in [-0.1, -0.05) is 26.8 Å². The third kappa shape index (κ3) is 4.07. The highest BCUT2D eigenvalue weighted by Gasteiger charge is 2.51. The van der Waals surface area contributed by atoms with E-state index >= 15 is 0 Å². The lowest BCUT2D eigenvalue weighted by Gasteiger charge is -2.24.